The van der Waals surface area contributed by atoms with Crippen molar-refractivity contribution in [2.24, 2.45) is 0 Å². The van der Waals surface area contributed by atoms with Crippen LogP contribution in [0.5, 0.6) is 0 Å². The zero-order valence-corrected chi connectivity index (χ0v) is 13.2. The smallest absolute Gasteiger partial charge is 0.317 e. The number of benzene rings is 1. The molecule has 3 rings (SSSR count). The van der Waals surface area contributed by atoms with E-state index in [4.69, 9.17) is 9.84 Å². The molecular weight excluding hydrogens is 294 g/mol. The highest BCUT2D eigenvalue weighted by molar-refractivity contribution is 5.91. The summed E-state index contributed by atoms with van der Waals surface area (Å²) in [5, 5.41) is 10.00. The summed E-state index contributed by atoms with van der Waals surface area (Å²) in [5.41, 5.74) is 2.14. The summed E-state index contributed by atoms with van der Waals surface area (Å²) in [5.74, 6) is -0.819. The number of rotatable bonds is 5. The van der Waals surface area contributed by atoms with Crippen LogP contribution >= 0.6 is 0 Å². The van der Waals surface area contributed by atoms with E-state index in [1.54, 1.807) is 11.9 Å². The third kappa shape index (κ3) is 3.78. The number of nitrogens with zero attached hydrogens (tertiary/aromatic N) is 3. The third-order valence-electron chi connectivity index (χ3n) is 4.03. The molecule has 1 fully saturated rings. The van der Waals surface area contributed by atoms with Gasteiger partial charge in [-0.25, -0.2) is 0 Å². The average Bonchev–Trinajstić information content (AvgIpc) is 2.53. The van der Waals surface area contributed by atoms with Gasteiger partial charge < -0.3 is 14.7 Å². The number of fused-ring (bicyclic) bond motifs is 1. The van der Waals surface area contributed by atoms with Gasteiger partial charge in [0.2, 0.25) is 0 Å². The minimum Gasteiger partial charge on any atom is -0.480 e. The van der Waals surface area contributed by atoms with Crippen LogP contribution < -0.4 is 4.90 Å². The van der Waals surface area contributed by atoms with E-state index in [1.807, 2.05) is 30.5 Å². The molecule has 1 unspecified atom stereocenters. The van der Waals surface area contributed by atoms with Crippen LogP contribution in [0.25, 0.3) is 10.9 Å². The van der Waals surface area contributed by atoms with E-state index in [2.05, 4.69) is 16.0 Å². The number of morpholine rings is 1. The van der Waals surface area contributed by atoms with Crippen LogP contribution in [0.1, 0.15) is 0 Å². The number of likely N-dealkylation sites (N-methyl/N-ethyl adjacent to an activating group) is 1. The van der Waals surface area contributed by atoms with Crippen LogP contribution in [-0.2, 0) is 9.53 Å². The molecular formula is C17H21N3O3. The van der Waals surface area contributed by atoms with Gasteiger partial charge >= 0.3 is 5.97 Å². The second-order valence-corrected chi connectivity index (χ2v) is 5.88. The molecule has 2 heterocycles. The van der Waals surface area contributed by atoms with Crippen molar-refractivity contribution in [2.75, 3.05) is 44.7 Å². The van der Waals surface area contributed by atoms with Crippen molar-refractivity contribution in [3.8, 4) is 0 Å². The zero-order valence-electron chi connectivity index (χ0n) is 13.2. The first kappa shape index (κ1) is 15.7. The van der Waals surface area contributed by atoms with Crippen LogP contribution in [0.15, 0.2) is 36.5 Å². The second kappa shape index (κ2) is 6.93. The Kier molecular flexibility index (Phi) is 4.73. The van der Waals surface area contributed by atoms with E-state index >= 15 is 0 Å². The fraction of sp³-hybridized carbons (Fsp3) is 0.412. The normalized spacial score (nSPS) is 18.5. The lowest BCUT2D eigenvalue weighted by Crippen LogP contribution is -2.47. The lowest BCUT2D eigenvalue weighted by atomic mass is 10.1. The van der Waals surface area contributed by atoms with Crippen molar-refractivity contribution in [3.05, 3.63) is 36.5 Å². The van der Waals surface area contributed by atoms with Crippen molar-refractivity contribution in [3.63, 3.8) is 0 Å². The summed E-state index contributed by atoms with van der Waals surface area (Å²) in [6.45, 7) is 2.84. The van der Waals surface area contributed by atoms with Gasteiger partial charge in [-0.1, -0.05) is 18.2 Å². The number of carboxylic acids is 1. The first-order valence-electron chi connectivity index (χ1n) is 7.74. The number of hydrogen-bond donors (Lipinski definition) is 1. The molecule has 6 heteroatoms. The molecule has 0 saturated carbocycles. The summed E-state index contributed by atoms with van der Waals surface area (Å²) < 4.78 is 5.80. The topological polar surface area (TPSA) is 65.9 Å². The molecule has 2 aromatic rings. The summed E-state index contributed by atoms with van der Waals surface area (Å²) >= 11 is 0. The Morgan fingerprint density at radius 1 is 1.43 bits per heavy atom. The molecule has 0 spiro atoms. The minimum absolute atomic E-state index is 0.0000255. The Hall–Kier alpha value is -2.18. The molecule has 1 aliphatic heterocycles. The molecule has 23 heavy (non-hydrogen) atoms. The number of aromatic nitrogens is 1. The predicted molar refractivity (Wildman–Crippen MR) is 88.8 cm³/mol. The molecule has 0 aliphatic carbocycles. The summed E-state index contributed by atoms with van der Waals surface area (Å²) in [6, 6.07) is 10.1. The summed E-state index contributed by atoms with van der Waals surface area (Å²) in [6.07, 6.45) is 1.83. The van der Waals surface area contributed by atoms with Crippen molar-refractivity contribution < 1.29 is 14.6 Å². The predicted octanol–water partition coefficient (Wildman–Crippen LogP) is 1.46. The molecule has 6 nitrogen and oxygen atoms in total. The molecule has 1 saturated heterocycles. The van der Waals surface area contributed by atoms with E-state index in [0.29, 0.717) is 13.2 Å². The maximum absolute atomic E-state index is 10.8. The number of carboxylic acid groups (broad SMARTS) is 1. The van der Waals surface area contributed by atoms with Gasteiger partial charge in [0.05, 0.1) is 24.8 Å². The van der Waals surface area contributed by atoms with Crippen molar-refractivity contribution in [1.29, 1.82) is 0 Å². The van der Waals surface area contributed by atoms with E-state index in [9.17, 15) is 4.79 Å². The Balaban J connectivity index is 1.74. The Labute approximate surface area is 135 Å². The van der Waals surface area contributed by atoms with Gasteiger partial charge in [-0.15, -0.1) is 0 Å². The lowest BCUT2D eigenvalue weighted by Gasteiger charge is -2.36. The van der Waals surface area contributed by atoms with E-state index in [1.165, 1.54) is 0 Å². The molecule has 1 aromatic heterocycles. The number of para-hydroxylation sites is 1. The van der Waals surface area contributed by atoms with Gasteiger partial charge in [0.25, 0.3) is 0 Å². The number of ether oxygens (including phenoxy) is 1. The zero-order chi connectivity index (χ0) is 16.2. The first-order valence-corrected chi connectivity index (χ1v) is 7.74. The third-order valence-corrected chi connectivity index (χ3v) is 4.03. The second-order valence-electron chi connectivity index (χ2n) is 5.88. The van der Waals surface area contributed by atoms with Crippen LogP contribution in [0.2, 0.25) is 0 Å². The standard InChI is InChI=1S/C17H21N3O3/c1-19(12-17(21)22)10-13-11-20(8-9-23-13)16-6-7-18-15-5-3-2-4-14(15)16/h2-7,13H,8-12H2,1H3,(H,21,22). The molecule has 0 amide bonds. The fourth-order valence-electron chi connectivity index (χ4n) is 3.05. The van der Waals surface area contributed by atoms with Gasteiger partial charge in [0.1, 0.15) is 0 Å². The molecule has 0 bridgehead atoms. The Morgan fingerprint density at radius 2 is 2.26 bits per heavy atom. The Bertz CT molecular complexity index is 686. The highest BCUT2D eigenvalue weighted by Crippen LogP contribution is 2.26. The Morgan fingerprint density at radius 3 is 3.09 bits per heavy atom. The summed E-state index contributed by atoms with van der Waals surface area (Å²) in [4.78, 5) is 19.3. The van der Waals surface area contributed by atoms with Gasteiger partial charge in [0.15, 0.2) is 0 Å². The molecule has 1 aliphatic rings. The van der Waals surface area contributed by atoms with Crippen molar-refractivity contribution in [1.82, 2.24) is 9.88 Å². The summed E-state index contributed by atoms with van der Waals surface area (Å²) in [7, 11) is 1.80. The average molecular weight is 315 g/mol. The monoisotopic (exact) mass is 315 g/mol. The van der Waals surface area contributed by atoms with Gasteiger partial charge in [-0.2, -0.15) is 0 Å². The highest BCUT2D eigenvalue weighted by atomic mass is 16.5. The largest absolute Gasteiger partial charge is 0.480 e. The molecule has 1 N–H and O–H groups in total. The molecule has 1 atom stereocenters. The number of aliphatic carboxylic acids is 1. The fourth-order valence-corrected chi connectivity index (χ4v) is 3.05. The molecule has 0 radical (unpaired) electrons. The van der Waals surface area contributed by atoms with Gasteiger partial charge in [-0.3, -0.25) is 14.7 Å². The maximum atomic E-state index is 10.8. The van der Waals surface area contributed by atoms with E-state index in [0.717, 1.165) is 29.7 Å². The number of anilines is 1. The quantitative estimate of drug-likeness (QED) is 0.901. The van der Waals surface area contributed by atoms with Crippen LogP contribution in [-0.4, -0.2) is 66.9 Å². The van der Waals surface area contributed by atoms with E-state index < -0.39 is 5.97 Å². The van der Waals surface area contributed by atoms with Crippen LogP contribution in [0.3, 0.4) is 0 Å². The van der Waals surface area contributed by atoms with Gasteiger partial charge in [-0.05, 0) is 19.2 Å². The molecule has 1 aromatic carbocycles. The number of pyridine rings is 1. The van der Waals surface area contributed by atoms with Crippen molar-refractivity contribution in [2.45, 2.75) is 6.10 Å². The first-order chi connectivity index (χ1) is 11.1. The highest BCUT2D eigenvalue weighted by Gasteiger charge is 2.23. The maximum Gasteiger partial charge on any atom is 0.317 e. The number of hydrogen-bond acceptors (Lipinski definition) is 5. The SMILES string of the molecule is CN(CC(=O)O)CC1CN(c2ccnc3ccccc23)CCO1. The lowest BCUT2D eigenvalue weighted by molar-refractivity contribution is -0.138. The van der Waals surface area contributed by atoms with Crippen molar-refractivity contribution >= 4 is 22.6 Å². The van der Waals surface area contributed by atoms with Crippen LogP contribution in [0, 0.1) is 0 Å². The van der Waals surface area contributed by atoms with E-state index in [-0.39, 0.29) is 12.6 Å². The van der Waals surface area contributed by atoms with Crippen LogP contribution in [0.4, 0.5) is 5.69 Å². The van der Waals surface area contributed by atoms with Gasteiger partial charge in [0, 0.05) is 36.9 Å². The number of carbonyl (C=O) groups is 1. The minimum atomic E-state index is -0.819. The molecule has 122 valence electrons.